The lowest BCUT2D eigenvalue weighted by atomic mass is 9.83. The van der Waals surface area contributed by atoms with Gasteiger partial charge in [-0.05, 0) is 25.7 Å². The molecule has 14 heavy (non-hydrogen) atoms. The van der Waals surface area contributed by atoms with Crippen molar-refractivity contribution in [1.82, 2.24) is 9.55 Å². The van der Waals surface area contributed by atoms with Crippen LogP contribution in [0.25, 0.3) is 0 Å². The molecule has 2 saturated carbocycles. The van der Waals surface area contributed by atoms with E-state index in [4.69, 9.17) is 5.73 Å². The number of nitrogen functional groups attached to an aromatic ring is 1. The highest BCUT2D eigenvalue weighted by atomic mass is 16.1. The summed E-state index contributed by atoms with van der Waals surface area (Å²) in [4.78, 5) is 14.5. The summed E-state index contributed by atoms with van der Waals surface area (Å²) in [5, 5.41) is 0. The molecule has 0 unspecified atom stereocenters. The summed E-state index contributed by atoms with van der Waals surface area (Å²) >= 11 is 0. The molecule has 0 aliphatic heterocycles. The summed E-state index contributed by atoms with van der Waals surface area (Å²) in [6, 6.07) is 0.382. The molecule has 1 aromatic rings. The lowest BCUT2D eigenvalue weighted by Gasteiger charge is -2.24. The Kier molecular flexibility index (Phi) is 1.54. The van der Waals surface area contributed by atoms with Crippen molar-refractivity contribution >= 4 is 5.82 Å². The van der Waals surface area contributed by atoms with E-state index in [2.05, 4.69) is 4.98 Å². The molecular formula is C10H15N3O. The van der Waals surface area contributed by atoms with Gasteiger partial charge in [0.15, 0.2) is 0 Å². The molecule has 4 heteroatoms. The minimum Gasteiger partial charge on any atom is -0.384 e. The van der Waals surface area contributed by atoms with Crippen molar-refractivity contribution < 1.29 is 0 Å². The molecule has 4 nitrogen and oxygen atoms in total. The molecule has 0 bridgehead atoms. The Morgan fingerprint density at radius 1 is 1.29 bits per heavy atom. The van der Waals surface area contributed by atoms with Crippen molar-refractivity contribution in [3.8, 4) is 0 Å². The number of nitrogens with one attached hydrogen (secondary N) is 1. The van der Waals surface area contributed by atoms with Crippen LogP contribution in [0, 0.1) is 0 Å². The zero-order chi connectivity index (χ0) is 9.71. The van der Waals surface area contributed by atoms with Gasteiger partial charge in [0.05, 0.1) is 5.69 Å². The van der Waals surface area contributed by atoms with Crippen molar-refractivity contribution in [3.05, 3.63) is 16.2 Å². The van der Waals surface area contributed by atoms with Crippen LogP contribution in [0.5, 0.6) is 0 Å². The normalized spacial score (nSPS) is 22.3. The molecule has 3 rings (SSSR count). The van der Waals surface area contributed by atoms with E-state index in [1.165, 1.54) is 19.3 Å². The Hall–Kier alpha value is -1.19. The summed E-state index contributed by atoms with van der Waals surface area (Å²) in [5.74, 6) is 1.21. The second-order valence-electron chi connectivity index (χ2n) is 4.46. The van der Waals surface area contributed by atoms with Crippen LogP contribution in [0.2, 0.25) is 0 Å². The number of H-pyrrole nitrogens is 1. The van der Waals surface area contributed by atoms with Gasteiger partial charge in [-0.1, -0.05) is 6.42 Å². The van der Waals surface area contributed by atoms with Crippen molar-refractivity contribution in [1.29, 1.82) is 0 Å². The number of nitrogens with zero attached hydrogens (tertiary/aromatic N) is 1. The second kappa shape index (κ2) is 2.65. The molecule has 76 valence electrons. The third kappa shape index (κ3) is 1.03. The van der Waals surface area contributed by atoms with Crippen LogP contribution in [0.4, 0.5) is 5.82 Å². The summed E-state index contributed by atoms with van der Waals surface area (Å²) in [6.07, 6.45) is 5.82. The van der Waals surface area contributed by atoms with Crippen LogP contribution in [-0.4, -0.2) is 9.55 Å². The largest absolute Gasteiger partial charge is 0.384 e. The van der Waals surface area contributed by atoms with Crippen LogP contribution < -0.4 is 11.4 Å². The molecule has 0 atom stereocenters. The number of aromatic amines is 1. The quantitative estimate of drug-likeness (QED) is 0.744. The highest BCUT2D eigenvalue weighted by Crippen LogP contribution is 2.41. The SMILES string of the molecule is Nc1c(C2CCC2)[nH]c(=O)n1C1CC1. The number of rotatable bonds is 2. The third-order valence-corrected chi connectivity index (χ3v) is 3.42. The molecule has 2 aliphatic carbocycles. The number of anilines is 1. The highest BCUT2D eigenvalue weighted by Gasteiger charge is 2.31. The molecule has 0 radical (unpaired) electrons. The topological polar surface area (TPSA) is 63.8 Å². The molecule has 0 saturated heterocycles. The van der Waals surface area contributed by atoms with E-state index in [9.17, 15) is 4.79 Å². The highest BCUT2D eigenvalue weighted by molar-refractivity contribution is 5.40. The van der Waals surface area contributed by atoms with E-state index >= 15 is 0 Å². The van der Waals surface area contributed by atoms with E-state index in [0.717, 1.165) is 18.5 Å². The smallest absolute Gasteiger partial charge is 0.327 e. The van der Waals surface area contributed by atoms with E-state index in [1.807, 2.05) is 0 Å². The third-order valence-electron chi connectivity index (χ3n) is 3.42. The summed E-state index contributed by atoms with van der Waals surface area (Å²) in [5.41, 5.74) is 6.97. The first-order valence-corrected chi connectivity index (χ1v) is 5.37. The lowest BCUT2D eigenvalue weighted by molar-refractivity contribution is 0.413. The predicted molar refractivity (Wildman–Crippen MR) is 54.3 cm³/mol. The fourth-order valence-corrected chi connectivity index (χ4v) is 2.18. The Morgan fingerprint density at radius 3 is 2.50 bits per heavy atom. The Balaban J connectivity index is 2.04. The van der Waals surface area contributed by atoms with Crippen LogP contribution in [0.15, 0.2) is 4.79 Å². The molecule has 0 amide bonds. The Bertz CT molecular complexity index is 409. The van der Waals surface area contributed by atoms with Crippen molar-refractivity contribution in [2.45, 2.75) is 44.1 Å². The Labute approximate surface area is 82.1 Å². The average molecular weight is 193 g/mol. The maximum atomic E-state index is 11.6. The Morgan fingerprint density at radius 2 is 2.00 bits per heavy atom. The molecular weight excluding hydrogens is 178 g/mol. The molecule has 3 N–H and O–H groups in total. The van der Waals surface area contributed by atoms with E-state index < -0.39 is 0 Å². The van der Waals surface area contributed by atoms with Crippen LogP contribution in [0.1, 0.15) is 49.8 Å². The number of nitrogens with two attached hydrogens (primary N) is 1. The van der Waals surface area contributed by atoms with Gasteiger partial charge in [0.2, 0.25) is 0 Å². The summed E-state index contributed by atoms with van der Waals surface area (Å²) in [6.45, 7) is 0. The van der Waals surface area contributed by atoms with Crippen LogP contribution in [-0.2, 0) is 0 Å². The average Bonchev–Trinajstić information content (AvgIpc) is 2.80. The number of hydrogen-bond donors (Lipinski definition) is 2. The van der Waals surface area contributed by atoms with E-state index in [1.54, 1.807) is 4.57 Å². The second-order valence-corrected chi connectivity index (χ2v) is 4.46. The molecule has 2 aliphatic rings. The van der Waals surface area contributed by atoms with E-state index in [-0.39, 0.29) is 5.69 Å². The molecule has 0 aromatic carbocycles. The van der Waals surface area contributed by atoms with Gasteiger partial charge in [0, 0.05) is 12.0 Å². The molecule has 1 heterocycles. The standard InChI is InChI=1S/C10H15N3O/c11-9-8(6-2-1-3-6)12-10(14)13(9)7-4-5-7/h6-7H,1-5,11H2,(H,12,14). The number of aromatic nitrogens is 2. The summed E-state index contributed by atoms with van der Waals surface area (Å²) in [7, 11) is 0. The van der Waals surface area contributed by atoms with Crippen LogP contribution >= 0.6 is 0 Å². The first kappa shape index (κ1) is 8.15. The zero-order valence-electron chi connectivity index (χ0n) is 8.12. The van der Waals surface area contributed by atoms with Crippen molar-refractivity contribution in [2.24, 2.45) is 0 Å². The van der Waals surface area contributed by atoms with Gasteiger partial charge in [-0.15, -0.1) is 0 Å². The van der Waals surface area contributed by atoms with Crippen molar-refractivity contribution in [3.63, 3.8) is 0 Å². The predicted octanol–water partition coefficient (Wildman–Crippen LogP) is 1.36. The van der Waals surface area contributed by atoms with Gasteiger partial charge in [-0.2, -0.15) is 0 Å². The zero-order valence-corrected chi connectivity index (χ0v) is 8.12. The molecule has 0 spiro atoms. The van der Waals surface area contributed by atoms with Gasteiger partial charge >= 0.3 is 5.69 Å². The van der Waals surface area contributed by atoms with Gasteiger partial charge in [-0.25, -0.2) is 4.79 Å². The first-order valence-electron chi connectivity index (χ1n) is 5.37. The maximum Gasteiger partial charge on any atom is 0.327 e. The maximum absolute atomic E-state index is 11.6. The molecule has 1 aromatic heterocycles. The number of hydrogen-bond acceptors (Lipinski definition) is 2. The monoisotopic (exact) mass is 193 g/mol. The summed E-state index contributed by atoms with van der Waals surface area (Å²) < 4.78 is 1.74. The number of imidazole rings is 1. The molecule has 2 fully saturated rings. The van der Waals surface area contributed by atoms with Crippen LogP contribution in [0.3, 0.4) is 0 Å². The minimum absolute atomic E-state index is 0.00750. The van der Waals surface area contributed by atoms with Gasteiger partial charge in [-0.3, -0.25) is 4.57 Å². The van der Waals surface area contributed by atoms with Crippen molar-refractivity contribution in [2.75, 3.05) is 5.73 Å². The fraction of sp³-hybridized carbons (Fsp3) is 0.700. The van der Waals surface area contributed by atoms with Gasteiger partial charge in [0.25, 0.3) is 0 Å². The first-order chi connectivity index (χ1) is 6.77. The van der Waals surface area contributed by atoms with Gasteiger partial charge in [0.1, 0.15) is 5.82 Å². The fourth-order valence-electron chi connectivity index (χ4n) is 2.18. The minimum atomic E-state index is -0.00750. The van der Waals surface area contributed by atoms with E-state index in [0.29, 0.717) is 17.8 Å². The van der Waals surface area contributed by atoms with Gasteiger partial charge < -0.3 is 10.7 Å². The lowest BCUT2D eigenvalue weighted by Crippen LogP contribution is -2.16.